The van der Waals surface area contributed by atoms with E-state index in [-0.39, 0.29) is 23.5 Å². The van der Waals surface area contributed by atoms with Gasteiger partial charge in [-0.3, -0.25) is 9.69 Å². The molecule has 7 heteroatoms. The standard InChI is InChI=1S/C22H26FN3O2S/c1-4-16(3)24-22(27)19-14-28-21(25-19)13-26(12-20-15(2)9-10-29-20)11-17-5-7-18(23)8-6-17/h5-10,14,16H,4,11-13H2,1-3H3,(H,24,27)/t16-/m1/s1. The van der Waals surface area contributed by atoms with Crippen LogP contribution in [0.2, 0.25) is 0 Å². The van der Waals surface area contributed by atoms with Crippen molar-refractivity contribution < 1.29 is 13.6 Å². The van der Waals surface area contributed by atoms with Gasteiger partial charge in [0.05, 0.1) is 6.54 Å². The molecule has 1 N–H and O–H groups in total. The van der Waals surface area contributed by atoms with Crippen LogP contribution in [0.1, 0.15) is 52.7 Å². The molecule has 0 aliphatic heterocycles. The zero-order valence-corrected chi connectivity index (χ0v) is 17.8. The minimum Gasteiger partial charge on any atom is -0.447 e. The number of aryl methyl sites for hydroxylation is 1. The summed E-state index contributed by atoms with van der Waals surface area (Å²) in [6.45, 7) is 7.84. The average Bonchev–Trinajstić information content (AvgIpc) is 3.33. The summed E-state index contributed by atoms with van der Waals surface area (Å²) in [5, 5.41) is 4.97. The van der Waals surface area contributed by atoms with Gasteiger partial charge < -0.3 is 9.73 Å². The Bertz CT molecular complexity index is 936. The number of oxazole rings is 1. The molecule has 1 amide bonds. The van der Waals surface area contributed by atoms with Crippen molar-refractivity contribution in [1.82, 2.24) is 15.2 Å². The number of amides is 1. The van der Waals surface area contributed by atoms with Gasteiger partial charge in [0.1, 0.15) is 12.1 Å². The van der Waals surface area contributed by atoms with E-state index in [1.54, 1.807) is 23.5 Å². The van der Waals surface area contributed by atoms with Crippen molar-refractivity contribution in [2.45, 2.75) is 52.9 Å². The monoisotopic (exact) mass is 415 g/mol. The maximum atomic E-state index is 13.2. The lowest BCUT2D eigenvalue weighted by Gasteiger charge is -2.20. The topological polar surface area (TPSA) is 58.4 Å². The highest BCUT2D eigenvalue weighted by Crippen LogP contribution is 2.21. The Balaban J connectivity index is 1.73. The number of nitrogens with one attached hydrogen (secondary N) is 1. The van der Waals surface area contributed by atoms with E-state index in [1.807, 2.05) is 13.8 Å². The Kier molecular flexibility index (Phi) is 7.17. The second-order valence-corrected chi connectivity index (χ2v) is 8.21. The summed E-state index contributed by atoms with van der Waals surface area (Å²) in [5.41, 5.74) is 2.52. The van der Waals surface area contributed by atoms with E-state index in [2.05, 4.69) is 33.6 Å². The normalized spacial score (nSPS) is 12.3. The molecular weight excluding hydrogens is 389 g/mol. The van der Waals surface area contributed by atoms with Crippen LogP contribution < -0.4 is 5.32 Å². The number of aromatic nitrogens is 1. The van der Waals surface area contributed by atoms with Gasteiger partial charge in [0.15, 0.2) is 5.69 Å². The number of hydrogen-bond acceptors (Lipinski definition) is 5. The fourth-order valence-corrected chi connectivity index (χ4v) is 3.81. The SMILES string of the molecule is CC[C@@H](C)NC(=O)c1coc(CN(Cc2ccc(F)cc2)Cc2sccc2C)n1. The first-order chi connectivity index (χ1) is 13.9. The molecule has 154 valence electrons. The second kappa shape index (κ2) is 9.80. The van der Waals surface area contributed by atoms with Crippen LogP contribution >= 0.6 is 11.3 Å². The van der Waals surface area contributed by atoms with Crippen LogP contribution in [-0.2, 0) is 19.6 Å². The zero-order valence-electron chi connectivity index (χ0n) is 16.9. The number of rotatable bonds is 9. The molecule has 0 bridgehead atoms. The number of thiophene rings is 1. The summed E-state index contributed by atoms with van der Waals surface area (Å²) in [5.74, 6) is 0.00298. The van der Waals surface area contributed by atoms with Gasteiger partial charge in [-0.05, 0) is 55.0 Å². The molecule has 1 aromatic carbocycles. The van der Waals surface area contributed by atoms with Crippen molar-refractivity contribution in [2.75, 3.05) is 0 Å². The Hall–Kier alpha value is -2.51. The van der Waals surface area contributed by atoms with Crippen LogP contribution in [0.5, 0.6) is 0 Å². The smallest absolute Gasteiger partial charge is 0.273 e. The number of carbonyl (C=O) groups is 1. The van der Waals surface area contributed by atoms with Crippen molar-refractivity contribution in [3.8, 4) is 0 Å². The van der Waals surface area contributed by atoms with Gasteiger partial charge in [-0.25, -0.2) is 9.37 Å². The van der Waals surface area contributed by atoms with E-state index in [4.69, 9.17) is 4.42 Å². The third-order valence-corrected chi connectivity index (χ3v) is 5.80. The number of hydrogen-bond donors (Lipinski definition) is 1. The minimum atomic E-state index is -0.251. The molecule has 3 aromatic rings. The summed E-state index contributed by atoms with van der Waals surface area (Å²) in [6.07, 6.45) is 2.25. The lowest BCUT2D eigenvalue weighted by molar-refractivity contribution is 0.0934. The Morgan fingerprint density at radius 3 is 2.66 bits per heavy atom. The minimum absolute atomic E-state index is 0.0828. The first kappa shape index (κ1) is 21.2. The quantitative estimate of drug-likeness (QED) is 0.539. The van der Waals surface area contributed by atoms with E-state index < -0.39 is 0 Å². The van der Waals surface area contributed by atoms with Gasteiger partial charge in [0.25, 0.3) is 5.91 Å². The van der Waals surface area contributed by atoms with E-state index in [1.165, 1.54) is 28.8 Å². The maximum Gasteiger partial charge on any atom is 0.273 e. The molecular formula is C22H26FN3O2S. The first-order valence-electron chi connectivity index (χ1n) is 9.69. The van der Waals surface area contributed by atoms with Crippen molar-refractivity contribution in [3.63, 3.8) is 0 Å². The molecule has 0 saturated heterocycles. The molecule has 5 nitrogen and oxygen atoms in total. The van der Waals surface area contributed by atoms with Crippen LogP contribution in [-0.4, -0.2) is 21.8 Å². The largest absolute Gasteiger partial charge is 0.447 e. The van der Waals surface area contributed by atoms with Gasteiger partial charge in [0, 0.05) is 24.0 Å². The average molecular weight is 416 g/mol. The summed E-state index contributed by atoms with van der Waals surface area (Å²) < 4.78 is 18.8. The Labute approximate surface area is 174 Å². The third-order valence-electron chi connectivity index (χ3n) is 4.79. The van der Waals surface area contributed by atoms with Gasteiger partial charge in [-0.2, -0.15) is 0 Å². The van der Waals surface area contributed by atoms with E-state index in [9.17, 15) is 9.18 Å². The molecule has 0 aliphatic carbocycles. The molecule has 2 heterocycles. The van der Waals surface area contributed by atoms with Crippen molar-refractivity contribution in [1.29, 1.82) is 0 Å². The maximum absolute atomic E-state index is 13.2. The molecule has 2 aromatic heterocycles. The van der Waals surface area contributed by atoms with Crippen LogP contribution in [0.15, 0.2) is 46.4 Å². The number of benzene rings is 1. The molecule has 0 saturated carbocycles. The second-order valence-electron chi connectivity index (χ2n) is 7.21. The first-order valence-corrected chi connectivity index (χ1v) is 10.6. The van der Waals surface area contributed by atoms with E-state index in [0.29, 0.717) is 19.0 Å². The van der Waals surface area contributed by atoms with Crippen molar-refractivity contribution in [3.05, 3.63) is 75.4 Å². The highest BCUT2D eigenvalue weighted by atomic mass is 32.1. The molecule has 0 aliphatic rings. The van der Waals surface area contributed by atoms with Crippen LogP contribution in [0.4, 0.5) is 4.39 Å². The Morgan fingerprint density at radius 1 is 1.24 bits per heavy atom. The van der Waals surface area contributed by atoms with Gasteiger partial charge in [-0.15, -0.1) is 11.3 Å². The van der Waals surface area contributed by atoms with Crippen LogP contribution in [0.3, 0.4) is 0 Å². The summed E-state index contributed by atoms with van der Waals surface area (Å²) in [6, 6.07) is 8.67. The summed E-state index contributed by atoms with van der Waals surface area (Å²) in [4.78, 5) is 20.1. The van der Waals surface area contributed by atoms with Gasteiger partial charge in [-0.1, -0.05) is 19.1 Å². The number of carbonyl (C=O) groups excluding carboxylic acids is 1. The van der Waals surface area contributed by atoms with Crippen LogP contribution in [0, 0.1) is 12.7 Å². The fourth-order valence-electron chi connectivity index (χ4n) is 2.86. The van der Waals surface area contributed by atoms with E-state index >= 15 is 0 Å². The third kappa shape index (κ3) is 5.98. The molecule has 29 heavy (non-hydrogen) atoms. The lowest BCUT2D eigenvalue weighted by atomic mass is 10.2. The fraction of sp³-hybridized carbons (Fsp3) is 0.364. The molecule has 0 unspecified atom stereocenters. The zero-order chi connectivity index (χ0) is 20.8. The molecule has 3 rings (SSSR count). The predicted molar refractivity (Wildman–Crippen MR) is 112 cm³/mol. The predicted octanol–water partition coefficient (Wildman–Crippen LogP) is 4.91. The summed E-state index contributed by atoms with van der Waals surface area (Å²) in [7, 11) is 0. The van der Waals surface area contributed by atoms with Crippen LogP contribution in [0.25, 0.3) is 0 Å². The summed E-state index contributed by atoms with van der Waals surface area (Å²) >= 11 is 1.70. The number of halogens is 1. The highest BCUT2D eigenvalue weighted by molar-refractivity contribution is 7.10. The highest BCUT2D eigenvalue weighted by Gasteiger charge is 2.17. The van der Waals surface area contributed by atoms with Crippen molar-refractivity contribution in [2.24, 2.45) is 0 Å². The van der Waals surface area contributed by atoms with Crippen molar-refractivity contribution >= 4 is 17.2 Å². The van der Waals surface area contributed by atoms with Gasteiger partial charge >= 0.3 is 0 Å². The lowest BCUT2D eigenvalue weighted by Crippen LogP contribution is -2.32. The molecule has 0 radical (unpaired) electrons. The molecule has 0 spiro atoms. The molecule has 0 fully saturated rings. The van der Waals surface area contributed by atoms with Gasteiger partial charge in [0.2, 0.25) is 5.89 Å². The Morgan fingerprint density at radius 2 is 2.00 bits per heavy atom. The number of nitrogens with zero attached hydrogens (tertiary/aromatic N) is 2. The molecule has 1 atom stereocenters. The van der Waals surface area contributed by atoms with E-state index in [0.717, 1.165) is 18.5 Å².